The fourth-order valence-corrected chi connectivity index (χ4v) is 5.05. The number of pyridine rings is 1. The van der Waals surface area contributed by atoms with Crippen LogP contribution in [-0.4, -0.2) is 17.2 Å². The molecule has 5 rings (SSSR count). The largest absolute Gasteiger partial charge is 0.493 e. The van der Waals surface area contributed by atoms with Gasteiger partial charge in [-0.25, -0.2) is 4.39 Å². The normalized spacial score (nSPS) is 14.6. The van der Waals surface area contributed by atoms with Gasteiger partial charge in [-0.15, -0.1) is 0 Å². The molecule has 0 radical (unpaired) electrons. The summed E-state index contributed by atoms with van der Waals surface area (Å²) in [4.78, 5) is 4.78. The first-order chi connectivity index (χ1) is 15.2. The van der Waals surface area contributed by atoms with Gasteiger partial charge < -0.3 is 9.47 Å². The van der Waals surface area contributed by atoms with E-state index in [1.54, 1.807) is 6.07 Å². The summed E-state index contributed by atoms with van der Waals surface area (Å²) in [6.45, 7) is 11.0. The summed E-state index contributed by atoms with van der Waals surface area (Å²) in [5, 5.41) is 2.54. The third-order valence-electron chi connectivity index (χ3n) is 6.15. The Morgan fingerprint density at radius 3 is 2.69 bits per heavy atom. The standard InChI is InChI=1S/C28H28FNO2/c1-16-15-21-19(7-6-8-22(21)29)26(24(16)17(2)32-28(3,4)5)20-9-10-23-25-18(12-14-31-23)11-13-30-27(20)25/h6-11,13,15,17H,12,14H2,1-5H3. The molecule has 3 nitrogen and oxygen atoms in total. The van der Waals surface area contributed by atoms with Crippen LogP contribution in [-0.2, 0) is 11.2 Å². The van der Waals surface area contributed by atoms with Gasteiger partial charge >= 0.3 is 0 Å². The second-order valence-electron chi connectivity index (χ2n) is 9.59. The second kappa shape index (κ2) is 7.56. The zero-order chi connectivity index (χ0) is 22.6. The quantitative estimate of drug-likeness (QED) is 0.342. The summed E-state index contributed by atoms with van der Waals surface area (Å²) in [5.41, 5.74) is 5.85. The Bertz CT molecular complexity index is 1340. The number of aromatic nitrogens is 1. The lowest BCUT2D eigenvalue weighted by Crippen LogP contribution is -2.22. The molecule has 1 aromatic heterocycles. The van der Waals surface area contributed by atoms with Crippen LogP contribution in [0.25, 0.3) is 32.8 Å². The Balaban J connectivity index is 1.89. The van der Waals surface area contributed by atoms with Crippen molar-refractivity contribution in [3.05, 3.63) is 71.2 Å². The topological polar surface area (TPSA) is 31.4 Å². The van der Waals surface area contributed by atoms with Crippen molar-refractivity contribution in [2.24, 2.45) is 0 Å². The summed E-state index contributed by atoms with van der Waals surface area (Å²) in [6, 6.07) is 13.4. The van der Waals surface area contributed by atoms with E-state index < -0.39 is 0 Å². The minimum Gasteiger partial charge on any atom is -0.493 e. The molecule has 0 amide bonds. The van der Waals surface area contributed by atoms with E-state index in [0.717, 1.165) is 50.7 Å². The van der Waals surface area contributed by atoms with Crippen molar-refractivity contribution in [3.63, 3.8) is 0 Å². The maximum atomic E-state index is 14.9. The molecule has 1 unspecified atom stereocenters. The third-order valence-corrected chi connectivity index (χ3v) is 6.15. The SMILES string of the molecule is Cc1cc2c(F)cccc2c(-c2ccc3c4c(ccnc24)CCO3)c1C(C)OC(C)(C)C. The van der Waals surface area contributed by atoms with E-state index in [0.29, 0.717) is 12.0 Å². The summed E-state index contributed by atoms with van der Waals surface area (Å²) >= 11 is 0. The molecule has 0 spiro atoms. The fraction of sp³-hybridized carbons (Fsp3) is 0.321. The molecule has 0 saturated heterocycles. The van der Waals surface area contributed by atoms with Crippen molar-refractivity contribution >= 4 is 21.7 Å². The van der Waals surface area contributed by atoms with E-state index in [2.05, 4.69) is 39.8 Å². The van der Waals surface area contributed by atoms with Gasteiger partial charge in [0.15, 0.2) is 0 Å². The van der Waals surface area contributed by atoms with Crippen molar-refractivity contribution in [1.82, 2.24) is 4.98 Å². The van der Waals surface area contributed by atoms with Gasteiger partial charge in [-0.2, -0.15) is 0 Å². The molecule has 1 aliphatic rings. The van der Waals surface area contributed by atoms with Crippen molar-refractivity contribution < 1.29 is 13.9 Å². The molecular formula is C28H28FNO2. The van der Waals surface area contributed by atoms with E-state index in [-0.39, 0.29) is 17.5 Å². The number of aryl methyl sites for hydroxylation is 1. The van der Waals surface area contributed by atoms with Gasteiger partial charge in [0.05, 0.1) is 23.8 Å². The Morgan fingerprint density at radius 2 is 1.91 bits per heavy atom. The smallest absolute Gasteiger partial charge is 0.131 e. The molecule has 164 valence electrons. The zero-order valence-corrected chi connectivity index (χ0v) is 19.3. The number of nitrogens with zero attached hydrogens (tertiary/aromatic N) is 1. The van der Waals surface area contributed by atoms with Crippen LogP contribution >= 0.6 is 0 Å². The molecule has 3 aromatic carbocycles. The van der Waals surface area contributed by atoms with Gasteiger partial charge in [0.25, 0.3) is 0 Å². The van der Waals surface area contributed by atoms with E-state index in [4.69, 9.17) is 14.5 Å². The summed E-state index contributed by atoms with van der Waals surface area (Å²) in [6.07, 6.45) is 2.54. The van der Waals surface area contributed by atoms with Crippen molar-refractivity contribution in [2.75, 3.05) is 6.61 Å². The number of hydrogen-bond acceptors (Lipinski definition) is 3. The van der Waals surface area contributed by atoms with Crippen LogP contribution in [0.1, 0.15) is 50.5 Å². The minimum atomic E-state index is -0.313. The predicted octanol–water partition coefficient (Wildman–Crippen LogP) is 7.31. The molecular weight excluding hydrogens is 401 g/mol. The maximum Gasteiger partial charge on any atom is 0.131 e. The predicted molar refractivity (Wildman–Crippen MR) is 128 cm³/mol. The highest BCUT2D eigenvalue weighted by atomic mass is 19.1. The zero-order valence-electron chi connectivity index (χ0n) is 19.3. The fourth-order valence-electron chi connectivity index (χ4n) is 5.05. The van der Waals surface area contributed by atoms with Crippen LogP contribution < -0.4 is 4.74 Å². The third kappa shape index (κ3) is 3.43. The lowest BCUT2D eigenvalue weighted by molar-refractivity contribution is -0.0529. The van der Waals surface area contributed by atoms with Crippen LogP contribution in [0.15, 0.2) is 48.7 Å². The number of benzene rings is 3. The van der Waals surface area contributed by atoms with Crippen LogP contribution in [0.2, 0.25) is 0 Å². The summed E-state index contributed by atoms with van der Waals surface area (Å²) < 4.78 is 27.2. The summed E-state index contributed by atoms with van der Waals surface area (Å²) in [7, 11) is 0. The van der Waals surface area contributed by atoms with Crippen LogP contribution in [0.5, 0.6) is 5.75 Å². The van der Waals surface area contributed by atoms with Gasteiger partial charge in [0, 0.05) is 29.0 Å². The molecule has 2 heterocycles. The Morgan fingerprint density at radius 1 is 1.09 bits per heavy atom. The van der Waals surface area contributed by atoms with E-state index in [9.17, 15) is 4.39 Å². The molecule has 0 N–H and O–H groups in total. The number of halogens is 1. The first-order valence-electron chi connectivity index (χ1n) is 11.2. The molecule has 1 atom stereocenters. The Labute approximate surface area is 188 Å². The number of fused-ring (bicyclic) bond motifs is 1. The van der Waals surface area contributed by atoms with E-state index in [1.807, 2.05) is 31.3 Å². The highest BCUT2D eigenvalue weighted by Crippen LogP contribution is 2.45. The highest BCUT2D eigenvalue weighted by molar-refractivity contribution is 6.08. The van der Waals surface area contributed by atoms with Crippen LogP contribution in [0, 0.1) is 12.7 Å². The van der Waals surface area contributed by atoms with Crippen molar-refractivity contribution in [3.8, 4) is 16.9 Å². The molecule has 0 saturated carbocycles. The van der Waals surface area contributed by atoms with Crippen LogP contribution in [0.3, 0.4) is 0 Å². The Kier molecular flexibility index (Phi) is 4.94. The lowest BCUT2D eigenvalue weighted by atomic mass is 9.86. The van der Waals surface area contributed by atoms with Gasteiger partial charge in [-0.3, -0.25) is 4.98 Å². The van der Waals surface area contributed by atoms with Gasteiger partial charge in [-0.1, -0.05) is 12.1 Å². The van der Waals surface area contributed by atoms with Crippen molar-refractivity contribution in [2.45, 2.75) is 52.7 Å². The summed E-state index contributed by atoms with van der Waals surface area (Å²) in [5.74, 6) is 0.642. The molecule has 0 aliphatic carbocycles. The molecule has 1 aliphatic heterocycles. The molecule has 4 heteroatoms. The maximum absolute atomic E-state index is 14.9. The average molecular weight is 430 g/mol. The van der Waals surface area contributed by atoms with Gasteiger partial charge in [0.2, 0.25) is 0 Å². The molecule has 0 bridgehead atoms. The monoisotopic (exact) mass is 429 g/mol. The first kappa shape index (κ1) is 20.9. The van der Waals surface area contributed by atoms with Gasteiger partial charge in [-0.05, 0) is 92.6 Å². The first-order valence-corrected chi connectivity index (χ1v) is 11.2. The van der Waals surface area contributed by atoms with E-state index in [1.165, 1.54) is 11.6 Å². The van der Waals surface area contributed by atoms with Gasteiger partial charge in [0.1, 0.15) is 11.6 Å². The van der Waals surface area contributed by atoms with Crippen molar-refractivity contribution in [1.29, 1.82) is 0 Å². The molecule has 32 heavy (non-hydrogen) atoms. The lowest BCUT2D eigenvalue weighted by Gasteiger charge is -2.29. The molecule has 4 aromatic rings. The number of hydrogen-bond donors (Lipinski definition) is 0. The number of rotatable bonds is 3. The van der Waals surface area contributed by atoms with Crippen LogP contribution in [0.4, 0.5) is 4.39 Å². The highest BCUT2D eigenvalue weighted by Gasteiger charge is 2.26. The minimum absolute atomic E-state index is 0.181. The average Bonchev–Trinajstić information content (AvgIpc) is 2.73. The Hall–Kier alpha value is -2.98. The number of ether oxygens (including phenoxy) is 2. The second-order valence-corrected chi connectivity index (χ2v) is 9.59. The van der Waals surface area contributed by atoms with E-state index >= 15 is 0 Å². The molecule has 0 fully saturated rings.